The molecule has 1 fully saturated rings. The van der Waals surface area contributed by atoms with Gasteiger partial charge in [0, 0.05) is 29.9 Å². The Labute approximate surface area is 263 Å². The summed E-state index contributed by atoms with van der Waals surface area (Å²) >= 11 is 0. The molecule has 236 valence electrons. The summed E-state index contributed by atoms with van der Waals surface area (Å²) in [5.41, 5.74) is 3.48. The van der Waals surface area contributed by atoms with Crippen molar-refractivity contribution >= 4 is 11.8 Å². The normalized spacial score (nSPS) is 23.5. The SMILES string of the molecule is O=C(CCCC=CC[C@@H]1[C@@H](C=C[C@@H](O)[C@H]2OCc3ccccc3O2)[C@H](O)C[C@@H]1O)OCC(=O)c1ccc(-c2ccccc2)cc1. The third kappa shape index (κ3) is 8.77. The van der Waals surface area contributed by atoms with Gasteiger partial charge in [0.25, 0.3) is 0 Å². The molecule has 0 saturated heterocycles. The van der Waals surface area contributed by atoms with Crippen LogP contribution in [0.15, 0.2) is 103 Å². The Hall–Kier alpha value is -4.08. The number of ketones is 1. The van der Waals surface area contributed by atoms with E-state index in [1.54, 1.807) is 24.3 Å². The van der Waals surface area contributed by atoms with Crippen LogP contribution in [0.25, 0.3) is 11.1 Å². The summed E-state index contributed by atoms with van der Waals surface area (Å²) in [5, 5.41) is 31.7. The smallest absolute Gasteiger partial charge is 0.306 e. The number of ether oxygens (including phenoxy) is 3. The van der Waals surface area contributed by atoms with Gasteiger partial charge in [-0.3, -0.25) is 9.59 Å². The molecule has 1 saturated carbocycles. The average Bonchev–Trinajstić information content (AvgIpc) is 3.35. The summed E-state index contributed by atoms with van der Waals surface area (Å²) in [5.74, 6) is -0.554. The van der Waals surface area contributed by atoms with Gasteiger partial charge < -0.3 is 29.5 Å². The largest absolute Gasteiger partial charge is 0.461 e. The van der Waals surface area contributed by atoms with Gasteiger partial charge in [-0.05, 0) is 42.4 Å². The third-order valence-electron chi connectivity index (χ3n) is 8.35. The highest BCUT2D eigenvalue weighted by atomic mass is 16.7. The van der Waals surface area contributed by atoms with Crippen molar-refractivity contribution in [1.82, 2.24) is 0 Å². The number of aliphatic hydroxyl groups is 3. The molecule has 3 N–H and O–H groups in total. The van der Waals surface area contributed by atoms with Crippen molar-refractivity contribution in [3.8, 4) is 16.9 Å². The predicted octanol–water partition coefficient (Wildman–Crippen LogP) is 5.41. The minimum absolute atomic E-state index is 0.189. The zero-order valence-electron chi connectivity index (χ0n) is 25.1. The molecule has 0 spiro atoms. The zero-order chi connectivity index (χ0) is 31.6. The molecule has 5 rings (SSSR count). The Bertz CT molecular complexity index is 1470. The van der Waals surface area contributed by atoms with Crippen LogP contribution in [0.1, 0.15) is 48.0 Å². The van der Waals surface area contributed by atoms with E-state index in [9.17, 15) is 24.9 Å². The van der Waals surface area contributed by atoms with E-state index in [1.807, 2.05) is 78.9 Å². The highest BCUT2D eigenvalue weighted by Gasteiger charge is 2.39. The van der Waals surface area contributed by atoms with Gasteiger partial charge in [-0.1, -0.05) is 97.1 Å². The summed E-state index contributed by atoms with van der Waals surface area (Å²) < 4.78 is 16.6. The summed E-state index contributed by atoms with van der Waals surface area (Å²) in [7, 11) is 0. The van der Waals surface area contributed by atoms with E-state index in [0.29, 0.717) is 37.2 Å². The number of unbranched alkanes of at least 4 members (excludes halogenated alkanes) is 1. The van der Waals surface area contributed by atoms with E-state index in [1.165, 1.54) is 0 Å². The van der Waals surface area contributed by atoms with E-state index < -0.39 is 30.6 Å². The number of hydrogen-bond donors (Lipinski definition) is 3. The standard InChI is InChI=1S/C37H40O8/c38-31(37-44-23-28-12-8-9-14-35(28)45-37)21-20-30-29(32(39)22-33(30)40)13-6-1-2-7-15-36(42)43-24-34(41)27-18-16-26(17-19-27)25-10-4-3-5-11-25/h1,3-6,8-12,14,16-21,29-33,37-40H,2,7,13,15,22-24H2/t29-,30-,31-,32+,33-,37+/m1/s1. The maximum atomic E-state index is 12.5. The van der Waals surface area contributed by atoms with E-state index in [2.05, 4.69) is 0 Å². The first kappa shape index (κ1) is 32.3. The molecule has 8 heteroatoms. The summed E-state index contributed by atoms with van der Waals surface area (Å²) in [6.07, 6.45) is 6.09. The van der Waals surface area contributed by atoms with Crippen molar-refractivity contribution in [1.29, 1.82) is 0 Å². The number of carbonyl (C=O) groups is 2. The number of rotatable bonds is 13. The van der Waals surface area contributed by atoms with Crippen LogP contribution in [0.5, 0.6) is 5.75 Å². The number of esters is 1. The molecular formula is C37H40O8. The molecule has 1 heterocycles. The van der Waals surface area contributed by atoms with Crippen molar-refractivity contribution in [2.45, 2.75) is 63.3 Å². The quantitative estimate of drug-likeness (QED) is 0.101. The summed E-state index contributed by atoms with van der Waals surface area (Å²) in [6.45, 7) is 0.0425. The number of aliphatic hydroxyl groups excluding tert-OH is 3. The molecule has 0 unspecified atom stereocenters. The number of para-hydroxylation sites is 1. The minimum atomic E-state index is -1.03. The van der Waals surface area contributed by atoms with Crippen LogP contribution in [0, 0.1) is 11.8 Å². The molecule has 0 amide bonds. The van der Waals surface area contributed by atoms with Gasteiger partial charge in [-0.2, -0.15) is 0 Å². The molecule has 0 radical (unpaired) electrons. The lowest BCUT2D eigenvalue weighted by molar-refractivity contribution is -0.152. The van der Waals surface area contributed by atoms with Crippen molar-refractivity contribution in [2.75, 3.05) is 6.61 Å². The Morgan fingerprint density at radius 2 is 1.64 bits per heavy atom. The number of allylic oxidation sites excluding steroid dienone is 2. The monoisotopic (exact) mass is 612 g/mol. The summed E-state index contributed by atoms with van der Waals surface area (Å²) in [6, 6.07) is 24.6. The van der Waals surface area contributed by atoms with E-state index in [-0.39, 0.29) is 37.1 Å². The maximum Gasteiger partial charge on any atom is 0.306 e. The fraction of sp³-hybridized carbons (Fsp3) is 0.351. The molecular weight excluding hydrogens is 572 g/mol. The molecule has 8 nitrogen and oxygen atoms in total. The minimum Gasteiger partial charge on any atom is -0.461 e. The van der Waals surface area contributed by atoms with Crippen molar-refractivity contribution < 1.29 is 39.1 Å². The van der Waals surface area contributed by atoms with Gasteiger partial charge in [0.15, 0.2) is 12.4 Å². The highest BCUT2D eigenvalue weighted by molar-refractivity contribution is 5.98. The fourth-order valence-electron chi connectivity index (χ4n) is 5.79. The van der Waals surface area contributed by atoms with Gasteiger partial charge in [-0.25, -0.2) is 0 Å². The molecule has 3 aromatic rings. The fourth-order valence-corrected chi connectivity index (χ4v) is 5.79. The van der Waals surface area contributed by atoms with Crippen molar-refractivity contribution in [3.63, 3.8) is 0 Å². The lowest BCUT2D eigenvalue weighted by Gasteiger charge is -2.28. The number of fused-ring (bicyclic) bond motifs is 1. The topological polar surface area (TPSA) is 123 Å². The van der Waals surface area contributed by atoms with Gasteiger partial charge in [-0.15, -0.1) is 0 Å². The second-order valence-corrected chi connectivity index (χ2v) is 11.5. The van der Waals surface area contributed by atoms with E-state index in [4.69, 9.17) is 14.2 Å². The van der Waals surface area contributed by atoms with Gasteiger partial charge in [0.05, 0.1) is 18.8 Å². The molecule has 0 bridgehead atoms. The van der Waals surface area contributed by atoms with Crippen LogP contribution in [-0.2, 0) is 20.9 Å². The van der Waals surface area contributed by atoms with Crippen LogP contribution in [0.2, 0.25) is 0 Å². The molecule has 1 aliphatic carbocycles. The van der Waals surface area contributed by atoms with E-state index in [0.717, 1.165) is 16.7 Å². The average molecular weight is 613 g/mol. The van der Waals surface area contributed by atoms with Crippen LogP contribution in [-0.4, -0.2) is 58.3 Å². The third-order valence-corrected chi connectivity index (χ3v) is 8.35. The Balaban J connectivity index is 1.01. The molecule has 2 aliphatic rings. The van der Waals surface area contributed by atoms with Crippen LogP contribution >= 0.6 is 0 Å². The molecule has 0 aromatic heterocycles. The molecule has 1 aliphatic heterocycles. The lowest BCUT2D eigenvalue weighted by Crippen LogP contribution is -2.36. The van der Waals surface area contributed by atoms with Gasteiger partial charge in [0.1, 0.15) is 11.9 Å². The Kier molecular flexibility index (Phi) is 11.3. The molecule has 45 heavy (non-hydrogen) atoms. The number of hydrogen-bond acceptors (Lipinski definition) is 8. The van der Waals surface area contributed by atoms with Crippen LogP contribution in [0.4, 0.5) is 0 Å². The van der Waals surface area contributed by atoms with Gasteiger partial charge in [0.2, 0.25) is 6.29 Å². The predicted molar refractivity (Wildman–Crippen MR) is 169 cm³/mol. The van der Waals surface area contributed by atoms with Crippen LogP contribution in [0.3, 0.4) is 0 Å². The first-order chi connectivity index (χ1) is 21.9. The Morgan fingerprint density at radius 1 is 0.911 bits per heavy atom. The van der Waals surface area contributed by atoms with E-state index >= 15 is 0 Å². The van der Waals surface area contributed by atoms with Crippen molar-refractivity contribution in [3.05, 3.63) is 114 Å². The first-order valence-electron chi connectivity index (χ1n) is 15.5. The van der Waals surface area contributed by atoms with Crippen molar-refractivity contribution in [2.24, 2.45) is 11.8 Å². The van der Waals surface area contributed by atoms with Crippen LogP contribution < -0.4 is 4.74 Å². The number of Topliss-reactive ketones (excluding diaryl/α,β-unsaturated/α-hetero) is 1. The highest BCUT2D eigenvalue weighted by Crippen LogP contribution is 2.37. The maximum absolute atomic E-state index is 12.5. The Morgan fingerprint density at radius 3 is 2.44 bits per heavy atom. The molecule has 6 atom stereocenters. The second-order valence-electron chi connectivity index (χ2n) is 11.5. The number of benzene rings is 3. The summed E-state index contributed by atoms with van der Waals surface area (Å²) in [4.78, 5) is 24.6. The lowest BCUT2D eigenvalue weighted by atomic mass is 9.89. The second kappa shape index (κ2) is 15.8. The van der Waals surface area contributed by atoms with Gasteiger partial charge >= 0.3 is 5.97 Å². The molecule has 3 aromatic carbocycles. The number of carbonyl (C=O) groups excluding carboxylic acids is 2. The zero-order valence-corrected chi connectivity index (χ0v) is 25.1. The first-order valence-corrected chi connectivity index (χ1v) is 15.5.